The van der Waals surface area contributed by atoms with Crippen LogP contribution in [0.25, 0.3) is 0 Å². The summed E-state index contributed by atoms with van der Waals surface area (Å²) in [5.41, 5.74) is 0. The van der Waals surface area contributed by atoms with Gasteiger partial charge in [0.25, 0.3) is 0 Å². The van der Waals surface area contributed by atoms with Gasteiger partial charge in [0.2, 0.25) is 6.41 Å². The standard InChI is InChI=1S/C5H11NO3/c1-4(6-3-7)9-5(2)8/h3-5,8H,1-2H3,(H,6,7). The summed E-state index contributed by atoms with van der Waals surface area (Å²) in [7, 11) is 0. The Hall–Kier alpha value is -0.610. The van der Waals surface area contributed by atoms with Gasteiger partial charge in [-0.3, -0.25) is 4.79 Å². The molecule has 54 valence electrons. The van der Waals surface area contributed by atoms with E-state index in [-0.39, 0.29) is 0 Å². The Morgan fingerprint density at radius 3 is 2.56 bits per heavy atom. The van der Waals surface area contributed by atoms with Crippen molar-refractivity contribution in [2.75, 3.05) is 0 Å². The average Bonchev–Trinajstić information content (AvgIpc) is 1.63. The summed E-state index contributed by atoms with van der Waals surface area (Å²) in [5, 5.41) is 10.9. The van der Waals surface area contributed by atoms with E-state index in [2.05, 4.69) is 5.32 Å². The zero-order chi connectivity index (χ0) is 7.28. The number of nitrogens with one attached hydrogen (secondary N) is 1. The molecule has 0 rings (SSSR count). The van der Waals surface area contributed by atoms with Crippen LogP contribution in [-0.4, -0.2) is 24.0 Å². The van der Waals surface area contributed by atoms with Gasteiger partial charge in [-0.05, 0) is 13.8 Å². The van der Waals surface area contributed by atoms with Gasteiger partial charge in [0.05, 0.1) is 0 Å². The fourth-order valence-corrected chi connectivity index (χ4v) is 0.431. The van der Waals surface area contributed by atoms with Crippen LogP contribution in [0.3, 0.4) is 0 Å². The Morgan fingerprint density at radius 2 is 2.22 bits per heavy atom. The first-order valence-corrected chi connectivity index (χ1v) is 2.70. The highest BCUT2D eigenvalue weighted by Crippen LogP contribution is 1.88. The lowest BCUT2D eigenvalue weighted by molar-refractivity contribution is -0.136. The predicted octanol–water partition coefficient (Wildman–Crippen LogP) is -0.567. The van der Waals surface area contributed by atoms with Crippen LogP contribution in [0, 0.1) is 0 Å². The molecule has 0 saturated heterocycles. The van der Waals surface area contributed by atoms with Gasteiger partial charge >= 0.3 is 0 Å². The third-order valence-corrected chi connectivity index (χ3v) is 0.704. The molecular weight excluding hydrogens is 122 g/mol. The molecule has 0 fully saturated rings. The van der Waals surface area contributed by atoms with Gasteiger partial charge in [0.1, 0.15) is 6.23 Å². The normalized spacial score (nSPS) is 16.3. The smallest absolute Gasteiger partial charge is 0.209 e. The minimum absolute atomic E-state index is 0.428. The summed E-state index contributed by atoms with van der Waals surface area (Å²) in [5.74, 6) is 0. The van der Waals surface area contributed by atoms with Crippen LogP contribution in [0.4, 0.5) is 0 Å². The molecule has 0 aromatic heterocycles. The number of carbonyl (C=O) groups is 1. The van der Waals surface area contributed by atoms with Gasteiger partial charge < -0.3 is 15.2 Å². The fraction of sp³-hybridized carbons (Fsp3) is 0.800. The van der Waals surface area contributed by atoms with Gasteiger partial charge in [-0.2, -0.15) is 0 Å². The average molecular weight is 133 g/mol. The number of hydrogen-bond acceptors (Lipinski definition) is 3. The molecule has 0 saturated carbocycles. The number of amides is 1. The van der Waals surface area contributed by atoms with E-state index in [0.717, 1.165) is 0 Å². The first kappa shape index (κ1) is 8.39. The number of carbonyl (C=O) groups excluding carboxylic acids is 1. The highest BCUT2D eigenvalue weighted by atomic mass is 16.6. The lowest BCUT2D eigenvalue weighted by Crippen LogP contribution is -2.30. The Bertz CT molecular complexity index is 84.3. The number of ether oxygens (including phenoxy) is 1. The Balaban J connectivity index is 3.25. The van der Waals surface area contributed by atoms with Crippen molar-refractivity contribution < 1.29 is 14.6 Å². The SMILES string of the molecule is CC(O)OC(C)NC=O. The van der Waals surface area contributed by atoms with E-state index in [4.69, 9.17) is 9.84 Å². The first-order valence-electron chi connectivity index (χ1n) is 2.70. The van der Waals surface area contributed by atoms with Gasteiger partial charge in [-0.25, -0.2) is 0 Å². The van der Waals surface area contributed by atoms with Crippen LogP contribution in [-0.2, 0) is 9.53 Å². The second-order valence-electron chi connectivity index (χ2n) is 1.66. The zero-order valence-corrected chi connectivity index (χ0v) is 5.50. The lowest BCUT2D eigenvalue weighted by Gasteiger charge is -2.12. The Kier molecular flexibility index (Phi) is 4.00. The molecule has 0 aromatic rings. The van der Waals surface area contributed by atoms with Crippen LogP contribution in [0.5, 0.6) is 0 Å². The largest absolute Gasteiger partial charge is 0.368 e. The molecule has 0 aliphatic carbocycles. The van der Waals surface area contributed by atoms with Gasteiger partial charge in [-0.15, -0.1) is 0 Å². The number of hydrogen-bond donors (Lipinski definition) is 2. The van der Waals surface area contributed by atoms with E-state index in [9.17, 15) is 4.79 Å². The van der Waals surface area contributed by atoms with Crippen molar-refractivity contribution in [3.05, 3.63) is 0 Å². The van der Waals surface area contributed by atoms with Crippen molar-refractivity contribution in [1.29, 1.82) is 0 Å². The molecule has 2 unspecified atom stereocenters. The van der Waals surface area contributed by atoms with Crippen molar-refractivity contribution in [3.8, 4) is 0 Å². The molecule has 1 amide bonds. The van der Waals surface area contributed by atoms with E-state index in [0.29, 0.717) is 6.41 Å². The zero-order valence-electron chi connectivity index (χ0n) is 5.50. The lowest BCUT2D eigenvalue weighted by atomic mass is 10.6. The van der Waals surface area contributed by atoms with Crippen molar-refractivity contribution in [2.24, 2.45) is 0 Å². The van der Waals surface area contributed by atoms with Crippen molar-refractivity contribution >= 4 is 6.41 Å². The minimum atomic E-state index is -0.840. The van der Waals surface area contributed by atoms with Crippen LogP contribution < -0.4 is 5.32 Å². The summed E-state index contributed by atoms with van der Waals surface area (Å²) >= 11 is 0. The highest BCUT2D eigenvalue weighted by molar-refractivity contribution is 5.46. The Labute approximate surface area is 53.8 Å². The second-order valence-corrected chi connectivity index (χ2v) is 1.66. The van der Waals surface area contributed by atoms with Crippen LogP contribution in [0.15, 0.2) is 0 Å². The molecule has 0 radical (unpaired) electrons. The number of aliphatic hydroxyl groups is 1. The molecule has 2 atom stereocenters. The van der Waals surface area contributed by atoms with E-state index in [1.54, 1.807) is 6.92 Å². The van der Waals surface area contributed by atoms with Gasteiger partial charge in [-0.1, -0.05) is 0 Å². The van der Waals surface area contributed by atoms with Gasteiger partial charge in [0, 0.05) is 0 Å². The molecule has 4 heteroatoms. The molecule has 0 heterocycles. The quantitative estimate of drug-likeness (QED) is 0.399. The molecule has 9 heavy (non-hydrogen) atoms. The van der Waals surface area contributed by atoms with E-state index < -0.39 is 12.5 Å². The summed E-state index contributed by atoms with van der Waals surface area (Å²) in [6.07, 6.45) is -0.748. The maximum Gasteiger partial charge on any atom is 0.209 e. The fourth-order valence-electron chi connectivity index (χ4n) is 0.431. The molecule has 0 aliphatic rings. The highest BCUT2D eigenvalue weighted by Gasteiger charge is 2.01. The number of rotatable bonds is 4. The summed E-state index contributed by atoms with van der Waals surface area (Å²) in [4.78, 5) is 9.72. The molecule has 4 nitrogen and oxygen atoms in total. The van der Waals surface area contributed by atoms with Crippen LogP contribution in [0.2, 0.25) is 0 Å². The topological polar surface area (TPSA) is 58.6 Å². The van der Waals surface area contributed by atoms with Gasteiger partial charge in [0.15, 0.2) is 6.29 Å². The van der Waals surface area contributed by atoms with Crippen molar-refractivity contribution in [3.63, 3.8) is 0 Å². The number of aliphatic hydroxyl groups excluding tert-OH is 1. The minimum Gasteiger partial charge on any atom is -0.368 e. The molecule has 0 aliphatic heterocycles. The van der Waals surface area contributed by atoms with Crippen LogP contribution in [0.1, 0.15) is 13.8 Å². The summed E-state index contributed by atoms with van der Waals surface area (Å²) in [6.45, 7) is 3.10. The third kappa shape index (κ3) is 5.26. The van der Waals surface area contributed by atoms with Crippen LogP contribution >= 0.6 is 0 Å². The molecule has 0 bridgehead atoms. The van der Waals surface area contributed by atoms with E-state index >= 15 is 0 Å². The molecular formula is C5H11NO3. The van der Waals surface area contributed by atoms with E-state index in [1.165, 1.54) is 6.92 Å². The maximum atomic E-state index is 9.72. The molecule has 0 spiro atoms. The van der Waals surface area contributed by atoms with Crippen molar-refractivity contribution in [1.82, 2.24) is 5.32 Å². The molecule has 2 N–H and O–H groups in total. The Morgan fingerprint density at radius 1 is 1.67 bits per heavy atom. The van der Waals surface area contributed by atoms with E-state index in [1.807, 2.05) is 0 Å². The predicted molar refractivity (Wildman–Crippen MR) is 31.4 cm³/mol. The monoisotopic (exact) mass is 133 g/mol. The third-order valence-electron chi connectivity index (χ3n) is 0.704. The van der Waals surface area contributed by atoms with Crippen molar-refractivity contribution in [2.45, 2.75) is 26.4 Å². The summed E-state index contributed by atoms with van der Waals surface area (Å²) < 4.78 is 4.70. The second kappa shape index (κ2) is 4.29. The maximum absolute atomic E-state index is 9.72. The molecule has 0 aromatic carbocycles. The first-order chi connectivity index (χ1) is 4.16. The summed E-state index contributed by atoms with van der Waals surface area (Å²) in [6, 6.07) is 0.